The fraction of sp³-hybridized carbons (Fsp3) is 0.417. The fourth-order valence-electron chi connectivity index (χ4n) is 4.42. The van der Waals surface area contributed by atoms with E-state index in [9.17, 15) is 4.79 Å². The maximum absolute atomic E-state index is 12.8. The first-order valence-electron chi connectivity index (χ1n) is 11.0. The number of aromatic nitrogens is 2. The molecule has 1 aliphatic carbocycles. The van der Waals surface area contributed by atoms with Gasteiger partial charge in [0.2, 0.25) is 11.9 Å². The second kappa shape index (κ2) is 8.48. The number of aromatic amines is 1. The average Bonchev–Trinajstić information content (AvgIpc) is 3.56. The maximum atomic E-state index is 12.8. The zero-order valence-corrected chi connectivity index (χ0v) is 17.3. The van der Waals surface area contributed by atoms with Crippen LogP contribution in [0.15, 0.2) is 54.6 Å². The Bertz CT molecular complexity index is 964. The molecule has 1 saturated heterocycles. The number of rotatable bonds is 6. The monoisotopic (exact) mass is 403 g/mol. The van der Waals surface area contributed by atoms with Crippen molar-refractivity contribution in [3.05, 3.63) is 60.2 Å². The molecular weight excluding hydrogens is 374 g/mol. The minimum atomic E-state index is 0.132. The lowest BCUT2D eigenvalue weighted by atomic mass is 10.0. The molecule has 2 N–H and O–H groups in total. The van der Waals surface area contributed by atoms with Gasteiger partial charge in [-0.1, -0.05) is 42.5 Å². The summed E-state index contributed by atoms with van der Waals surface area (Å²) >= 11 is 0. The van der Waals surface area contributed by atoms with Crippen molar-refractivity contribution < 1.29 is 4.79 Å². The summed E-state index contributed by atoms with van der Waals surface area (Å²) < 4.78 is 0. The van der Waals surface area contributed by atoms with Gasteiger partial charge in [0.15, 0.2) is 0 Å². The molecule has 5 rings (SSSR count). The Kier molecular flexibility index (Phi) is 5.41. The van der Waals surface area contributed by atoms with Crippen molar-refractivity contribution in [3.8, 4) is 0 Å². The Morgan fingerprint density at radius 3 is 2.63 bits per heavy atom. The summed E-state index contributed by atoms with van der Waals surface area (Å²) in [6, 6.07) is 18.7. The number of fused-ring (bicyclic) bond motifs is 1. The van der Waals surface area contributed by atoms with Crippen molar-refractivity contribution in [2.75, 3.05) is 37.6 Å². The maximum Gasteiger partial charge on any atom is 0.234 e. The van der Waals surface area contributed by atoms with E-state index in [-0.39, 0.29) is 11.9 Å². The van der Waals surface area contributed by atoms with E-state index in [0.29, 0.717) is 12.5 Å². The van der Waals surface area contributed by atoms with Crippen LogP contribution in [-0.4, -0.2) is 53.5 Å². The van der Waals surface area contributed by atoms with Gasteiger partial charge in [-0.2, -0.15) is 0 Å². The van der Waals surface area contributed by atoms with Crippen LogP contribution >= 0.6 is 0 Å². The molecule has 0 spiro atoms. The first kappa shape index (κ1) is 19.1. The summed E-state index contributed by atoms with van der Waals surface area (Å²) in [6.07, 6.45) is 3.43. The van der Waals surface area contributed by atoms with E-state index >= 15 is 0 Å². The van der Waals surface area contributed by atoms with Crippen molar-refractivity contribution in [2.45, 2.75) is 25.3 Å². The average molecular weight is 404 g/mol. The highest BCUT2D eigenvalue weighted by Crippen LogP contribution is 2.40. The van der Waals surface area contributed by atoms with E-state index in [1.807, 2.05) is 24.3 Å². The van der Waals surface area contributed by atoms with Crippen LogP contribution in [0, 0.1) is 5.92 Å². The minimum absolute atomic E-state index is 0.132. The van der Waals surface area contributed by atoms with Crippen LogP contribution in [0.1, 0.15) is 30.9 Å². The van der Waals surface area contributed by atoms with Gasteiger partial charge in [-0.3, -0.25) is 9.69 Å². The molecule has 2 heterocycles. The number of H-pyrrole nitrogens is 1. The van der Waals surface area contributed by atoms with Crippen molar-refractivity contribution in [2.24, 2.45) is 5.92 Å². The van der Waals surface area contributed by atoms with Gasteiger partial charge in [0, 0.05) is 26.2 Å². The Morgan fingerprint density at radius 2 is 1.83 bits per heavy atom. The van der Waals surface area contributed by atoms with E-state index < -0.39 is 0 Å². The highest BCUT2D eigenvalue weighted by molar-refractivity contribution is 5.79. The summed E-state index contributed by atoms with van der Waals surface area (Å²) in [4.78, 5) is 25.6. The Hall–Kier alpha value is -2.86. The van der Waals surface area contributed by atoms with Gasteiger partial charge in [0.1, 0.15) is 0 Å². The predicted molar refractivity (Wildman–Crippen MR) is 119 cm³/mol. The van der Waals surface area contributed by atoms with E-state index in [1.165, 1.54) is 18.4 Å². The molecule has 3 aromatic rings. The highest BCUT2D eigenvalue weighted by atomic mass is 16.2. The minimum Gasteiger partial charge on any atom is -0.348 e. The third kappa shape index (κ3) is 4.33. The SMILES string of the molecule is O=C(CN1CCCN(c2nc3ccccc3[nH]2)CC1)NC(c1ccccc1)C1CC1. The second-order valence-electron chi connectivity index (χ2n) is 8.49. The molecule has 1 aliphatic heterocycles. The summed E-state index contributed by atoms with van der Waals surface area (Å²) in [6.45, 7) is 4.09. The molecule has 0 radical (unpaired) electrons. The molecule has 1 saturated carbocycles. The molecule has 6 heteroatoms. The normalized spacial score (nSPS) is 18.9. The fourth-order valence-corrected chi connectivity index (χ4v) is 4.42. The van der Waals surface area contributed by atoms with Gasteiger partial charge in [-0.15, -0.1) is 0 Å². The molecule has 1 aromatic heterocycles. The van der Waals surface area contributed by atoms with Crippen molar-refractivity contribution in [3.63, 3.8) is 0 Å². The van der Waals surface area contributed by atoms with Crippen LogP contribution in [0.25, 0.3) is 11.0 Å². The Morgan fingerprint density at radius 1 is 1.03 bits per heavy atom. The largest absolute Gasteiger partial charge is 0.348 e. The van der Waals surface area contributed by atoms with E-state index in [4.69, 9.17) is 4.98 Å². The number of carbonyl (C=O) groups excluding carboxylic acids is 1. The molecular formula is C24H29N5O. The second-order valence-corrected chi connectivity index (χ2v) is 8.49. The van der Waals surface area contributed by atoms with Gasteiger partial charge in [0.05, 0.1) is 23.6 Å². The lowest BCUT2D eigenvalue weighted by Crippen LogP contribution is -2.41. The third-order valence-electron chi connectivity index (χ3n) is 6.20. The summed E-state index contributed by atoms with van der Waals surface area (Å²) in [7, 11) is 0. The molecule has 156 valence electrons. The van der Waals surface area contributed by atoms with Gasteiger partial charge >= 0.3 is 0 Å². The third-order valence-corrected chi connectivity index (χ3v) is 6.20. The number of carbonyl (C=O) groups is 1. The summed E-state index contributed by atoms with van der Waals surface area (Å²) in [5.74, 6) is 1.65. The quantitative estimate of drug-likeness (QED) is 0.663. The molecule has 1 unspecified atom stereocenters. The molecule has 6 nitrogen and oxygen atoms in total. The van der Waals surface area contributed by atoms with E-state index in [2.05, 4.69) is 50.4 Å². The zero-order chi connectivity index (χ0) is 20.3. The smallest absolute Gasteiger partial charge is 0.234 e. The number of nitrogens with one attached hydrogen (secondary N) is 2. The highest BCUT2D eigenvalue weighted by Gasteiger charge is 2.33. The summed E-state index contributed by atoms with van der Waals surface area (Å²) in [5, 5.41) is 3.31. The number of amides is 1. The molecule has 1 amide bonds. The van der Waals surface area contributed by atoms with Crippen molar-refractivity contribution >= 4 is 22.9 Å². The van der Waals surface area contributed by atoms with Crippen LogP contribution in [0.3, 0.4) is 0 Å². The lowest BCUT2D eigenvalue weighted by Gasteiger charge is -2.23. The number of imidazole rings is 1. The number of nitrogens with zero attached hydrogens (tertiary/aromatic N) is 3. The van der Waals surface area contributed by atoms with Crippen molar-refractivity contribution in [1.82, 2.24) is 20.2 Å². The zero-order valence-electron chi connectivity index (χ0n) is 17.3. The van der Waals surface area contributed by atoms with Crippen LogP contribution < -0.4 is 10.2 Å². The number of benzene rings is 2. The van der Waals surface area contributed by atoms with Crippen molar-refractivity contribution in [1.29, 1.82) is 0 Å². The first-order valence-corrected chi connectivity index (χ1v) is 11.0. The van der Waals surface area contributed by atoms with Crippen LogP contribution in [0.5, 0.6) is 0 Å². The number of hydrogen-bond acceptors (Lipinski definition) is 4. The standard InChI is InChI=1S/C24H29N5O/c30-22(27-23(19-11-12-19)18-7-2-1-3-8-18)17-28-13-6-14-29(16-15-28)24-25-20-9-4-5-10-21(20)26-24/h1-5,7-10,19,23H,6,11-17H2,(H,25,26)(H,27,30). The lowest BCUT2D eigenvalue weighted by molar-refractivity contribution is -0.123. The van der Waals surface area contributed by atoms with Gasteiger partial charge < -0.3 is 15.2 Å². The van der Waals surface area contributed by atoms with E-state index in [0.717, 1.165) is 49.6 Å². The topological polar surface area (TPSA) is 64.3 Å². The Labute approximate surface area is 177 Å². The predicted octanol–water partition coefficient (Wildman–Crippen LogP) is 3.34. The van der Waals surface area contributed by atoms with Crippen LogP contribution in [0.2, 0.25) is 0 Å². The Balaban J connectivity index is 1.18. The number of hydrogen-bond donors (Lipinski definition) is 2. The van der Waals surface area contributed by atoms with E-state index in [1.54, 1.807) is 0 Å². The van der Waals surface area contributed by atoms with Crippen LogP contribution in [-0.2, 0) is 4.79 Å². The first-order chi connectivity index (χ1) is 14.8. The molecule has 30 heavy (non-hydrogen) atoms. The van der Waals surface area contributed by atoms with Gasteiger partial charge in [-0.25, -0.2) is 4.98 Å². The molecule has 2 aromatic carbocycles. The molecule has 2 fully saturated rings. The van der Waals surface area contributed by atoms with Crippen LogP contribution in [0.4, 0.5) is 5.95 Å². The molecule has 1 atom stereocenters. The van der Waals surface area contributed by atoms with Gasteiger partial charge in [0.25, 0.3) is 0 Å². The molecule has 2 aliphatic rings. The number of para-hydroxylation sites is 2. The number of anilines is 1. The summed E-state index contributed by atoms with van der Waals surface area (Å²) in [5.41, 5.74) is 3.29. The van der Waals surface area contributed by atoms with Gasteiger partial charge in [-0.05, 0) is 42.9 Å². The molecule has 0 bridgehead atoms.